The molecule has 0 saturated carbocycles. The van der Waals surface area contributed by atoms with Gasteiger partial charge in [-0.15, -0.1) is 0 Å². The molecule has 4 amide bonds. The average Bonchev–Trinajstić information content (AvgIpc) is 3.06. The Bertz CT molecular complexity index is 994. The minimum absolute atomic E-state index is 0.0815. The highest BCUT2D eigenvalue weighted by atomic mass is 19.1. The van der Waals surface area contributed by atoms with Crippen molar-refractivity contribution in [2.24, 2.45) is 0 Å². The summed E-state index contributed by atoms with van der Waals surface area (Å²) in [5.74, 6) is -3.40. The van der Waals surface area contributed by atoms with Gasteiger partial charge in [0.2, 0.25) is 11.8 Å². The van der Waals surface area contributed by atoms with Crippen LogP contribution in [0.5, 0.6) is 5.75 Å². The number of carbonyl (C=O) groups excluding carboxylic acids is 4. The molecule has 1 atom stereocenters. The third-order valence-corrected chi connectivity index (χ3v) is 6.38. The maximum Gasteiger partial charge on any atom is 0.415 e. The first-order valence-electron chi connectivity index (χ1n) is 11.1. The van der Waals surface area contributed by atoms with Gasteiger partial charge < -0.3 is 14.5 Å². The van der Waals surface area contributed by atoms with Crippen molar-refractivity contribution in [3.63, 3.8) is 0 Å². The van der Waals surface area contributed by atoms with Gasteiger partial charge in [-0.1, -0.05) is 0 Å². The summed E-state index contributed by atoms with van der Waals surface area (Å²) in [6.45, 7) is 6.83. The monoisotopic (exact) mass is 445 g/mol. The largest absolute Gasteiger partial charge is 0.415 e. The van der Waals surface area contributed by atoms with Gasteiger partial charge in [-0.25, -0.2) is 9.18 Å². The topological polar surface area (TPSA) is 96.0 Å². The zero-order valence-electron chi connectivity index (χ0n) is 18.6. The van der Waals surface area contributed by atoms with Crippen LogP contribution in [0.1, 0.15) is 80.3 Å². The summed E-state index contributed by atoms with van der Waals surface area (Å²) in [6.07, 6.45) is 2.27. The SMILES string of the molecule is CC(C)(C)N1Cc2c(cc(F)c(OC(=O)N3CCCCC3)c2C2CCC(=O)NC2=O)C1=O. The van der Waals surface area contributed by atoms with Gasteiger partial charge in [0.1, 0.15) is 0 Å². The number of benzene rings is 1. The van der Waals surface area contributed by atoms with Crippen LogP contribution in [-0.2, 0) is 16.1 Å². The second-order valence-corrected chi connectivity index (χ2v) is 9.61. The van der Waals surface area contributed by atoms with Crippen molar-refractivity contribution in [3.8, 4) is 5.75 Å². The molecular formula is C23H28FN3O5. The molecule has 0 spiro atoms. The zero-order chi connectivity index (χ0) is 23.2. The standard InChI is InChI=1S/C23H28FN3O5/c1-23(2,3)27-12-15-14(21(27)30)11-16(24)19(32-22(31)26-9-5-4-6-10-26)18(15)13-7-8-17(28)25-20(13)29/h11,13H,4-10,12H2,1-3H3,(H,25,28,29). The molecule has 0 aliphatic carbocycles. The highest BCUT2D eigenvalue weighted by molar-refractivity contribution is 6.04. The van der Waals surface area contributed by atoms with Crippen LogP contribution < -0.4 is 10.1 Å². The predicted octanol–water partition coefficient (Wildman–Crippen LogP) is 3.08. The average molecular weight is 445 g/mol. The van der Waals surface area contributed by atoms with Crippen LogP contribution in [0.15, 0.2) is 6.07 Å². The van der Waals surface area contributed by atoms with Crippen LogP contribution in [0.25, 0.3) is 0 Å². The number of ether oxygens (including phenoxy) is 1. The molecule has 172 valence electrons. The second kappa shape index (κ2) is 8.18. The van der Waals surface area contributed by atoms with Crippen molar-refractivity contribution in [2.45, 2.75) is 70.9 Å². The number of hydrogen-bond donors (Lipinski definition) is 1. The first-order valence-corrected chi connectivity index (χ1v) is 11.1. The summed E-state index contributed by atoms with van der Waals surface area (Å²) in [7, 11) is 0. The van der Waals surface area contributed by atoms with Crippen molar-refractivity contribution < 1.29 is 28.3 Å². The Balaban J connectivity index is 1.79. The Morgan fingerprint density at radius 1 is 1.16 bits per heavy atom. The number of amides is 4. The molecule has 9 heteroatoms. The summed E-state index contributed by atoms with van der Waals surface area (Å²) in [5.41, 5.74) is 0.298. The molecule has 2 fully saturated rings. The molecule has 2 saturated heterocycles. The molecule has 8 nitrogen and oxygen atoms in total. The third kappa shape index (κ3) is 3.96. The summed E-state index contributed by atoms with van der Waals surface area (Å²) in [6, 6.07) is 1.09. The molecule has 32 heavy (non-hydrogen) atoms. The molecule has 0 radical (unpaired) electrons. The van der Waals surface area contributed by atoms with Crippen LogP contribution >= 0.6 is 0 Å². The number of rotatable bonds is 2. The first-order chi connectivity index (χ1) is 15.1. The Hall–Kier alpha value is -2.97. The summed E-state index contributed by atoms with van der Waals surface area (Å²) >= 11 is 0. The second-order valence-electron chi connectivity index (χ2n) is 9.61. The van der Waals surface area contributed by atoms with E-state index in [1.54, 1.807) is 4.90 Å². The fourth-order valence-corrected chi connectivity index (χ4v) is 4.64. The smallest absolute Gasteiger partial charge is 0.407 e. The molecule has 3 aliphatic heterocycles. The Labute approximate surface area is 186 Å². The quantitative estimate of drug-likeness (QED) is 0.706. The van der Waals surface area contributed by atoms with Gasteiger partial charge in [0.15, 0.2) is 11.6 Å². The maximum absolute atomic E-state index is 15.3. The summed E-state index contributed by atoms with van der Waals surface area (Å²) in [4.78, 5) is 53.3. The van der Waals surface area contributed by atoms with E-state index in [4.69, 9.17) is 4.74 Å². The fourth-order valence-electron chi connectivity index (χ4n) is 4.64. The molecule has 3 aliphatic rings. The third-order valence-electron chi connectivity index (χ3n) is 6.38. The number of nitrogens with zero attached hydrogens (tertiary/aromatic N) is 2. The highest BCUT2D eigenvalue weighted by Gasteiger charge is 2.42. The van der Waals surface area contributed by atoms with Crippen LogP contribution in [0.2, 0.25) is 0 Å². The number of hydrogen-bond acceptors (Lipinski definition) is 5. The van der Waals surface area contributed by atoms with Gasteiger partial charge in [-0.2, -0.15) is 0 Å². The zero-order valence-corrected chi connectivity index (χ0v) is 18.6. The van der Waals surface area contributed by atoms with Crippen molar-refractivity contribution in [2.75, 3.05) is 13.1 Å². The molecule has 3 heterocycles. The number of halogens is 1. The van der Waals surface area contributed by atoms with Crippen LogP contribution in [0.4, 0.5) is 9.18 Å². The van der Waals surface area contributed by atoms with Crippen LogP contribution in [0, 0.1) is 5.82 Å². The lowest BCUT2D eigenvalue weighted by molar-refractivity contribution is -0.134. The molecule has 4 rings (SSSR count). The van der Waals surface area contributed by atoms with E-state index >= 15 is 4.39 Å². The maximum atomic E-state index is 15.3. The van der Waals surface area contributed by atoms with Crippen LogP contribution in [0.3, 0.4) is 0 Å². The fraction of sp³-hybridized carbons (Fsp3) is 0.565. The number of likely N-dealkylation sites (tertiary alicyclic amines) is 1. The lowest BCUT2D eigenvalue weighted by Crippen LogP contribution is -2.41. The Kier molecular flexibility index (Phi) is 5.68. The van der Waals surface area contributed by atoms with Crippen LogP contribution in [-0.4, -0.2) is 52.2 Å². The van der Waals surface area contributed by atoms with E-state index < -0.39 is 35.2 Å². The summed E-state index contributed by atoms with van der Waals surface area (Å²) < 4.78 is 20.9. The molecular weight excluding hydrogens is 417 g/mol. The lowest BCUT2D eigenvalue weighted by atomic mass is 9.85. The molecule has 1 unspecified atom stereocenters. The number of carbonyl (C=O) groups is 4. The molecule has 1 N–H and O–H groups in total. The molecule has 0 aromatic heterocycles. The summed E-state index contributed by atoms with van der Waals surface area (Å²) in [5, 5.41) is 2.29. The van der Waals surface area contributed by atoms with E-state index in [9.17, 15) is 19.2 Å². The van der Waals surface area contributed by atoms with E-state index in [0.29, 0.717) is 18.7 Å². The highest BCUT2D eigenvalue weighted by Crippen LogP contribution is 2.43. The van der Waals surface area contributed by atoms with Crippen molar-refractivity contribution in [1.29, 1.82) is 0 Å². The molecule has 1 aromatic rings. The Morgan fingerprint density at radius 3 is 2.47 bits per heavy atom. The van der Waals surface area contributed by atoms with Gasteiger partial charge >= 0.3 is 6.09 Å². The van der Waals surface area contributed by atoms with Gasteiger partial charge in [0, 0.05) is 42.7 Å². The van der Waals surface area contributed by atoms with E-state index in [1.807, 2.05) is 20.8 Å². The van der Waals surface area contributed by atoms with Crippen molar-refractivity contribution in [3.05, 3.63) is 28.6 Å². The number of piperidine rings is 2. The van der Waals surface area contributed by atoms with Crippen molar-refractivity contribution in [1.82, 2.24) is 15.1 Å². The number of fused-ring (bicyclic) bond motifs is 1. The Morgan fingerprint density at radius 2 is 1.84 bits per heavy atom. The minimum Gasteiger partial charge on any atom is -0.407 e. The molecule has 1 aromatic carbocycles. The molecule has 0 bridgehead atoms. The lowest BCUT2D eigenvalue weighted by Gasteiger charge is -2.32. The van der Waals surface area contributed by atoms with Gasteiger partial charge in [0.05, 0.1) is 5.92 Å². The van der Waals surface area contributed by atoms with E-state index in [1.165, 1.54) is 4.90 Å². The number of imide groups is 1. The number of nitrogens with one attached hydrogen (secondary N) is 1. The van der Waals surface area contributed by atoms with Gasteiger partial charge in [-0.3, -0.25) is 19.7 Å². The van der Waals surface area contributed by atoms with Gasteiger partial charge in [-0.05, 0) is 58.1 Å². The van der Waals surface area contributed by atoms with Crippen molar-refractivity contribution >= 4 is 23.8 Å². The predicted molar refractivity (Wildman–Crippen MR) is 113 cm³/mol. The normalized spacial score (nSPS) is 21.5. The minimum atomic E-state index is -0.894. The van der Waals surface area contributed by atoms with E-state index in [-0.39, 0.29) is 42.2 Å². The van der Waals surface area contributed by atoms with E-state index in [0.717, 1.165) is 25.3 Å². The first kappa shape index (κ1) is 22.2. The van der Waals surface area contributed by atoms with E-state index in [2.05, 4.69) is 5.32 Å². The van der Waals surface area contributed by atoms with Gasteiger partial charge in [0.25, 0.3) is 5.91 Å².